The normalized spacial score (nSPS) is 34.2. The van der Waals surface area contributed by atoms with Gasteiger partial charge in [-0.3, -0.25) is 4.90 Å². The van der Waals surface area contributed by atoms with E-state index in [0.29, 0.717) is 18.9 Å². The molecule has 1 aliphatic heterocycles. The van der Waals surface area contributed by atoms with Crippen molar-refractivity contribution in [2.75, 3.05) is 13.1 Å². The number of benzene rings is 1. The largest absolute Gasteiger partial charge is 0.393 e. The standard InChI is InChI=1S/C23H35NO2/c1-17-10-11-20(21(25)14-17)22(3,4)24-15-18(2)12-13-23(26,16-24)19-8-6-5-7-9-19/h5-9,12,17,20-21,25-26H,10-11,13-16H2,1-4H3/t17-,20-,21-,23-/m1/s1. The van der Waals surface area contributed by atoms with E-state index in [1.54, 1.807) is 0 Å². The molecule has 1 aromatic rings. The highest BCUT2D eigenvalue weighted by atomic mass is 16.3. The first-order valence-corrected chi connectivity index (χ1v) is 10.1. The van der Waals surface area contributed by atoms with Gasteiger partial charge in [0.25, 0.3) is 0 Å². The third kappa shape index (κ3) is 3.90. The number of rotatable bonds is 3. The number of aliphatic hydroxyl groups is 2. The molecule has 0 aromatic heterocycles. The molecule has 1 aromatic carbocycles. The average molecular weight is 358 g/mol. The van der Waals surface area contributed by atoms with Crippen LogP contribution in [-0.2, 0) is 5.60 Å². The predicted octanol–water partition coefficient (Wildman–Crippen LogP) is 4.10. The van der Waals surface area contributed by atoms with Crippen LogP contribution in [0.4, 0.5) is 0 Å². The highest BCUT2D eigenvalue weighted by Crippen LogP contribution is 2.41. The highest BCUT2D eigenvalue weighted by Gasteiger charge is 2.45. The summed E-state index contributed by atoms with van der Waals surface area (Å²) >= 11 is 0. The van der Waals surface area contributed by atoms with E-state index in [1.165, 1.54) is 12.0 Å². The van der Waals surface area contributed by atoms with Crippen molar-refractivity contribution >= 4 is 0 Å². The maximum Gasteiger partial charge on any atom is 0.106 e. The Kier molecular flexibility index (Phi) is 5.62. The zero-order valence-corrected chi connectivity index (χ0v) is 16.8. The Bertz CT molecular complexity index is 639. The molecule has 0 bridgehead atoms. The molecule has 2 N–H and O–H groups in total. The summed E-state index contributed by atoms with van der Waals surface area (Å²) in [5.41, 5.74) is 1.22. The molecule has 3 heteroatoms. The van der Waals surface area contributed by atoms with Gasteiger partial charge in [-0.2, -0.15) is 0 Å². The lowest BCUT2D eigenvalue weighted by Gasteiger charge is -2.50. The fraction of sp³-hybridized carbons (Fsp3) is 0.652. The molecule has 0 saturated heterocycles. The van der Waals surface area contributed by atoms with E-state index in [4.69, 9.17) is 0 Å². The van der Waals surface area contributed by atoms with Crippen LogP contribution in [0.25, 0.3) is 0 Å². The molecule has 0 unspecified atom stereocenters. The number of nitrogens with zero attached hydrogens (tertiary/aromatic N) is 1. The first-order valence-electron chi connectivity index (χ1n) is 10.1. The Morgan fingerprint density at radius 3 is 2.50 bits per heavy atom. The quantitative estimate of drug-likeness (QED) is 0.801. The average Bonchev–Trinajstić information content (AvgIpc) is 2.75. The lowest BCUT2D eigenvalue weighted by Crippen LogP contribution is -2.57. The van der Waals surface area contributed by atoms with Crippen LogP contribution < -0.4 is 0 Å². The van der Waals surface area contributed by atoms with Gasteiger partial charge in [-0.1, -0.05) is 55.3 Å². The molecule has 3 nitrogen and oxygen atoms in total. The van der Waals surface area contributed by atoms with E-state index in [9.17, 15) is 10.2 Å². The van der Waals surface area contributed by atoms with Crippen molar-refractivity contribution in [2.45, 2.75) is 70.6 Å². The summed E-state index contributed by atoms with van der Waals surface area (Å²) < 4.78 is 0. The zero-order valence-electron chi connectivity index (χ0n) is 16.8. The summed E-state index contributed by atoms with van der Waals surface area (Å²) in [7, 11) is 0. The molecule has 1 heterocycles. The van der Waals surface area contributed by atoms with E-state index in [-0.39, 0.29) is 17.6 Å². The third-order valence-corrected chi connectivity index (χ3v) is 6.79. The number of β-amino-alcohol motifs (C(OH)–C–C–N with tert-alkyl or cyclic N) is 1. The number of hydrogen-bond acceptors (Lipinski definition) is 3. The van der Waals surface area contributed by atoms with Gasteiger partial charge in [0.15, 0.2) is 0 Å². The highest BCUT2D eigenvalue weighted by molar-refractivity contribution is 5.26. The Labute approximate surface area is 158 Å². The van der Waals surface area contributed by atoms with Gasteiger partial charge < -0.3 is 10.2 Å². The Balaban J connectivity index is 1.89. The third-order valence-electron chi connectivity index (χ3n) is 6.79. The SMILES string of the molecule is CC1=CC[C@](O)(c2ccccc2)CN(C(C)(C)[C@@H]2CC[C@@H](C)C[C@H]2O)C1. The minimum atomic E-state index is -0.886. The van der Waals surface area contributed by atoms with Crippen molar-refractivity contribution in [3.63, 3.8) is 0 Å². The van der Waals surface area contributed by atoms with Crippen LogP contribution in [0.1, 0.15) is 58.9 Å². The topological polar surface area (TPSA) is 43.7 Å². The van der Waals surface area contributed by atoms with Gasteiger partial charge in [-0.25, -0.2) is 0 Å². The summed E-state index contributed by atoms with van der Waals surface area (Å²) in [6.07, 6.45) is 5.68. The fourth-order valence-corrected chi connectivity index (χ4v) is 4.92. The minimum absolute atomic E-state index is 0.165. The molecular formula is C23H35NO2. The van der Waals surface area contributed by atoms with E-state index >= 15 is 0 Å². The first kappa shape index (κ1) is 19.6. The molecular weight excluding hydrogens is 322 g/mol. The molecule has 144 valence electrons. The monoisotopic (exact) mass is 357 g/mol. The molecule has 2 aliphatic rings. The van der Waals surface area contributed by atoms with Crippen molar-refractivity contribution < 1.29 is 10.2 Å². The minimum Gasteiger partial charge on any atom is -0.393 e. The van der Waals surface area contributed by atoms with E-state index < -0.39 is 5.60 Å². The smallest absolute Gasteiger partial charge is 0.106 e. The summed E-state index contributed by atoms with van der Waals surface area (Å²) in [5.74, 6) is 0.841. The summed E-state index contributed by atoms with van der Waals surface area (Å²) in [5, 5.41) is 22.3. The van der Waals surface area contributed by atoms with Crippen LogP contribution >= 0.6 is 0 Å². The van der Waals surface area contributed by atoms with Crippen LogP contribution in [0.5, 0.6) is 0 Å². The van der Waals surface area contributed by atoms with Crippen molar-refractivity contribution in [1.82, 2.24) is 4.90 Å². The fourth-order valence-electron chi connectivity index (χ4n) is 4.92. The van der Waals surface area contributed by atoms with Crippen molar-refractivity contribution in [3.8, 4) is 0 Å². The molecule has 0 amide bonds. The van der Waals surface area contributed by atoms with Gasteiger partial charge in [0.1, 0.15) is 5.60 Å². The lowest BCUT2D eigenvalue weighted by atomic mass is 9.70. The molecule has 4 atom stereocenters. The van der Waals surface area contributed by atoms with Gasteiger partial charge in [-0.05, 0) is 51.5 Å². The second-order valence-corrected chi connectivity index (χ2v) is 9.25. The molecule has 26 heavy (non-hydrogen) atoms. The van der Waals surface area contributed by atoms with E-state index in [0.717, 1.165) is 24.9 Å². The van der Waals surface area contributed by atoms with Gasteiger partial charge in [-0.15, -0.1) is 0 Å². The molecule has 0 spiro atoms. The maximum absolute atomic E-state index is 11.5. The summed E-state index contributed by atoms with van der Waals surface area (Å²) in [6, 6.07) is 10.0. The van der Waals surface area contributed by atoms with Gasteiger partial charge >= 0.3 is 0 Å². The number of hydrogen-bond donors (Lipinski definition) is 2. The van der Waals surface area contributed by atoms with Crippen molar-refractivity contribution in [3.05, 3.63) is 47.5 Å². The van der Waals surface area contributed by atoms with Crippen LogP contribution in [0.3, 0.4) is 0 Å². The van der Waals surface area contributed by atoms with Crippen molar-refractivity contribution in [1.29, 1.82) is 0 Å². The Morgan fingerprint density at radius 2 is 1.85 bits per heavy atom. The van der Waals surface area contributed by atoms with E-state index in [1.807, 2.05) is 30.3 Å². The van der Waals surface area contributed by atoms with Gasteiger partial charge in [0, 0.05) is 24.5 Å². The molecule has 0 radical (unpaired) electrons. The van der Waals surface area contributed by atoms with Gasteiger partial charge in [0.05, 0.1) is 6.10 Å². The Morgan fingerprint density at radius 1 is 1.15 bits per heavy atom. The van der Waals surface area contributed by atoms with Crippen molar-refractivity contribution in [2.24, 2.45) is 11.8 Å². The Hall–Kier alpha value is -1.16. The van der Waals surface area contributed by atoms with Crippen LogP contribution in [-0.4, -0.2) is 39.8 Å². The summed E-state index contributed by atoms with van der Waals surface area (Å²) in [4.78, 5) is 2.41. The first-order chi connectivity index (χ1) is 12.2. The zero-order chi connectivity index (χ0) is 18.9. The molecule has 3 rings (SSSR count). The van der Waals surface area contributed by atoms with Crippen LogP contribution in [0.2, 0.25) is 0 Å². The molecule has 1 fully saturated rings. The predicted molar refractivity (Wildman–Crippen MR) is 107 cm³/mol. The second-order valence-electron chi connectivity index (χ2n) is 9.25. The summed E-state index contributed by atoms with van der Waals surface area (Å²) in [6.45, 7) is 10.3. The van der Waals surface area contributed by atoms with Gasteiger partial charge in [0.2, 0.25) is 0 Å². The second kappa shape index (κ2) is 7.46. The maximum atomic E-state index is 11.5. The number of aliphatic hydroxyl groups excluding tert-OH is 1. The van der Waals surface area contributed by atoms with Crippen LogP contribution in [0, 0.1) is 11.8 Å². The lowest BCUT2D eigenvalue weighted by molar-refractivity contribution is -0.0751. The van der Waals surface area contributed by atoms with E-state index in [2.05, 4.69) is 38.7 Å². The molecule has 1 saturated carbocycles. The molecule has 1 aliphatic carbocycles. The van der Waals surface area contributed by atoms with Crippen LogP contribution in [0.15, 0.2) is 42.0 Å².